The van der Waals surface area contributed by atoms with E-state index in [4.69, 9.17) is 0 Å². The lowest BCUT2D eigenvalue weighted by molar-refractivity contribution is 0.104. The number of aromatic nitrogens is 2. The molecule has 0 atom stereocenters. The second kappa shape index (κ2) is 4.33. The Hall–Kier alpha value is -1.46. The van der Waals surface area contributed by atoms with Crippen LogP contribution >= 0.6 is 27.3 Å². The molecule has 0 spiro atoms. The molecule has 3 heterocycles. The van der Waals surface area contributed by atoms with E-state index in [9.17, 15) is 4.79 Å². The van der Waals surface area contributed by atoms with E-state index in [1.165, 1.54) is 11.3 Å². The molecule has 0 saturated carbocycles. The second-order valence-electron chi connectivity index (χ2n) is 4.00. The third-order valence-corrected chi connectivity index (χ3v) is 4.91. The zero-order chi connectivity index (χ0) is 12.7. The van der Waals surface area contributed by atoms with Crippen molar-refractivity contribution in [2.75, 3.05) is 0 Å². The highest BCUT2D eigenvalue weighted by molar-refractivity contribution is 9.11. The van der Waals surface area contributed by atoms with E-state index in [0.29, 0.717) is 5.56 Å². The number of H-pyrrole nitrogens is 1. The third kappa shape index (κ3) is 1.79. The van der Waals surface area contributed by atoms with Gasteiger partial charge in [0.15, 0.2) is 0 Å². The number of aromatic amines is 1. The van der Waals surface area contributed by atoms with E-state index >= 15 is 0 Å². The van der Waals surface area contributed by atoms with Crippen molar-refractivity contribution < 1.29 is 4.79 Å². The lowest BCUT2D eigenvalue weighted by Crippen LogP contribution is -1.96. The molecule has 1 N–H and O–H groups in total. The van der Waals surface area contributed by atoms with Gasteiger partial charge >= 0.3 is 0 Å². The number of carbonyl (C=O) groups is 1. The Morgan fingerprint density at radius 1 is 1.50 bits per heavy atom. The van der Waals surface area contributed by atoms with Gasteiger partial charge < -0.3 is 4.98 Å². The van der Waals surface area contributed by atoms with Gasteiger partial charge in [0.25, 0.3) is 0 Å². The molecule has 0 unspecified atom stereocenters. The fraction of sp³-hybridized carbons (Fsp3) is 0.0769. The Bertz CT molecular complexity index is 725. The molecule has 3 aromatic heterocycles. The highest BCUT2D eigenvalue weighted by Crippen LogP contribution is 2.30. The van der Waals surface area contributed by atoms with Gasteiger partial charge in [-0.3, -0.25) is 4.79 Å². The number of nitrogens with zero attached hydrogens (tertiary/aromatic N) is 1. The van der Waals surface area contributed by atoms with Gasteiger partial charge in [-0.1, -0.05) is 0 Å². The minimum atomic E-state index is 0.0352. The van der Waals surface area contributed by atoms with Crippen molar-refractivity contribution in [2.24, 2.45) is 0 Å². The maximum absolute atomic E-state index is 12.4. The zero-order valence-corrected chi connectivity index (χ0v) is 11.9. The number of halogens is 1. The lowest BCUT2D eigenvalue weighted by atomic mass is 10.1. The fourth-order valence-corrected chi connectivity index (χ4v) is 3.34. The van der Waals surface area contributed by atoms with Crippen LogP contribution in [0.3, 0.4) is 0 Å². The van der Waals surface area contributed by atoms with Gasteiger partial charge in [-0.2, -0.15) is 0 Å². The van der Waals surface area contributed by atoms with E-state index in [1.54, 1.807) is 12.4 Å². The molecule has 0 aliphatic carbocycles. The van der Waals surface area contributed by atoms with Crippen LogP contribution in [0.25, 0.3) is 11.0 Å². The van der Waals surface area contributed by atoms with Crippen molar-refractivity contribution in [1.29, 1.82) is 0 Å². The summed E-state index contributed by atoms with van der Waals surface area (Å²) >= 11 is 4.91. The van der Waals surface area contributed by atoms with E-state index in [0.717, 1.165) is 25.3 Å². The van der Waals surface area contributed by atoms with Crippen molar-refractivity contribution >= 4 is 44.1 Å². The molecule has 3 nitrogen and oxygen atoms in total. The van der Waals surface area contributed by atoms with Crippen LogP contribution < -0.4 is 0 Å². The van der Waals surface area contributed by atoms with Gasteiger partial charge in [-0.05, 0) is 46.6 Å². The molecule has 0 saturated heterocycles. The monoisotopic (exact) mass is 320 g/mol. The van der Waals surface area contributed by atoms with Gasteiger partial charge in [0.2, 0.25) is 5.78 Å². The van der Waals surface area contributed by atoms with Crippen LogP contribution in [0.2, 0.25) is 0 Å². The standard InChI is InChI=1S/C13H9BrN2OS/c1-7-5-10(18-12(7)14)11(17)9-6-16-13-8(9)3-2-4-15-13/h2-6H,1H3,(H,15,16). The number of carbonyl (C=O) groups excluding carboxylic acids is 1. The van der Waals surface area contributed by atoms with Crippen LogP contribution in [-0.2, 0) is 0 Å². The topological polar surface area (TPSA) is 45.8 Å². The lowest BCUT2D eigenvalue weighted by Gasteiger charge is -1.94. The van der Waals surface area contributed by atoms with Crippen LogP contribution in [0.4, 0.5) is 0 Å². The largest absolute Gasteiger partial charge is 0.345 e. The first kappa shape index (κ1) is 11.6. The summed E-state index contributed by atoms with van der Waals surface area (Å²) in [6.07, 6.45) is 3.43. The average molecular weight is 321 g/mol. The van der Waals surface area contributed by atoms with E-state index in [-0.39, 0.29) is 5.78 Å². The van der Waals surface area contributed by atoms with E-state index in [1.807, 2.05) is 25.1 Å². The molecule has 0 amide bonds. The highest BCUT2D eigenvalue weighted by Gasteiger charge is 2.17. The number of thiophene rings is 1. The molecule has 0 aromatic carbocycles. The van der Waals surface area contributed by atoms with Crippen LogP contribution in [-0.4, -0.2) is 15.8 Å². The summed E-state index contributed by atoms with van der Waals surface area (Å²) in [5.41, 5.74) is 2.50. The van der Waals surface area contributed by atoms with Crippen molar-refractivity contribution in [1.82, 2.24) is 9.97 Å². The average Bonchev–Trinajstić information content (AvgIpc) is 2.93. The predicted molar refractivity (Wildman–Crippen MR) is 76.3 cm³/mol. The first-order valence-electron chi connectivity index (χ1n) is 5.39. The maximum Gasteiger partial charge on any atom is 0.205 e. The molecule has 0 aliphatic rings. The summed E-state index contributed by atoms with van der Waals surface area (Å²) in [7, 11) is 0. The number of fused-ring (bicyclic) bond motifs is 1. The number of ketones is 1. The van der Waals surface area contributed by atoms with Crippen molar-refractivity contribution in [3.8, 4) is 0 Å². The van der Waals surface area contributed by atoms with E-state index < -0.39 is 0 Å². The number of rotatable bonds is 2. The van der Waals surface area contributed by atoms with Crippen LogP contribution in [0, 0.1) is 6.92 Å². The molecular weight excluding hydrogens is 312 g/mol. The minimum absolute atomic E-state index is 0.0352. The Morgan fingerprint density at radius 2 is 2.33 bits per heavy atom. The van der Waals surface area contributed by atoms with Crippen LogP contribution in [0.5, 0.6) is 0 Å². The summed E-state index contributed by atoms with van der Waals surface area (Å²) in [5, 5.41) is 0.865. The summed E-state index contributed by atoms with van der Waals surface area (Å²) in [5.74, 6) is 0.0352. The summed E-state index contributed by atoms with van der Waals surface area (Å²) < 4.78 is 1.00. The van der Waals surface area contributed by atoms with E-state index in [2.05, 4.69) is 25.9 Å². The quantitative estimate of drug-likeness (QED) is 0.727. The van der Waals surface area contributed by atoms with Crippen molar-refractivity contribution in [3.05, 3.63) is 50.4 Å². The first-order chi connectivity index (χ1) is 8.66. The number of aryl methyl sites for hydroxylation is 1. The van der Waals surface area contributed by atoms with Crippen molar-refractivity contribution in [2.45, 2.75) is 6.92 Å². The highest BCUT2D eigenvalue weighted by atomic mass is 79.9. The van der Waals surface area contributed by atoms with Crippen molar-refractivity contribution in [3.63, 3.8) is 0 Å². The second-order valence-corrected chi connectivity index (χ2v) is 6.37. The predicted octanol–water partition coefficient (Wildman–Crippen LogP) is 3.93. The number of nitrogens with one attached hydrogen (secondary N) is 1. The Labute approximate surface area is 116 Å². The van der Waals surface area contributed by atoms with Crippen LogP contribution in [0.1, 0.15) is 20.8 Å². The molecule has 0 radical (unpaired) electrons. The third-order valence-electron chi connectivity index (χ3n) is 2.78. The normalized spacial score (nSPS) is 11.0. The first-order valence-corrected chi connectivity index (χ1v) is 7.00. The zero-order valence-electron chi connectivity index (χ0n) is 9.53. The Morgan fingerprint density at radius 3 is 3.06 bits per heavy atom. The molecule has 90 valence electrons. The molecule has 5 heteroatoms. The number of hydrogen-bond acceptors (Lipinski definition) is 3. The molecular formula is C13H9BrN2OS. The van der Waals surface area contributed by atoms with Gasteiger partial charge in [0.05, 0.1) is 14.2 Å². The molecule has 18 heavy (non-hydrogen) atoms. The minimum Gasteiger partial charge on any atom is -0.345 e. The number of pyridine rings is 1. The van der Waals surface area contributed by atoms with Crippen LogP contribution in [0.15, 0.2) is 34.4 Å². The molecule has 0 bridgehead atoms. The summed E-state index contributed by atoms with van der Waals surface area (Å²) in [4.78, 5) is 20.4. The fourth-order valence-electron chi connectivity index (χ4n) is 1.85. The van der Waals surface area contributed by atoms with Gasteiger partial charge in [0, 0.05) is 17.8 Å². The molecule has 3 aromatic rings. The van der Waals surface area contributed by atoms with Gasteiger partial charge in [0.1, 0.15) is 5.65 Å². The van der Waals surface area contributed by atoms with Gasteiger partial charge in [-0.15, -0.1) is 11.3 Å². The summed E-state index contributed by atoms with van der Waals surface area (Å²) in [6, 6.07) is 5.65. The molecule has 3 rings (SSSR count). The molecule has 0 aliphatic heterocycles. The maximum atomic E-state index is 12.4. The Kier molecular flexibility index (Phi) is 2.80. The SMILES string of the molecule is Cc1cc(C(=O)c2c[nH]c3ncccc23)sc1Br. The number of hydrogen-bond donors (Lipinski definition) is 1. The smallest absolute Gasteiger partial charge is 0.205 e. The summed E-state index contributed by atoms with van der Waals surface area (Å²) in [6.45, 7) is 1.98. The Balaban J connectivity index is 2.12. The van der Waals surface area contributed by atoms with Gasteiger partial charge in [-0.25, -0.2) is 4.98 Å². The molecule has 0 fully saturated rings.